The maximum absolute atomic E-state index is 12.6. The molecular weight excluding hydrogens is 514 g/mol. The molecule has 2 heterocycles. The predicted octanol–water partition coefficient (Wildman–Crippen LogP) is 4.63. The second-order valence-corrected chi connectivity index (χ2v) is 6.93. The molecule has 156 valence electrons. The van der Waals surface area contributed by atoms with Gasteiger partial charge in [-0.3, -0.25) is 4.98 Å². The van der Waals surface area contributed by atoms with Crippen molar-refractivity contribution >= 4 is 52.2 Å². The van der Waals surface area contributed by atoms with E-state index in [1.54, 1.807) is 6.20 Å². The van der Waals surface area contributed by atoms with Crippen LogP contribution >= 0.6 is 35.3 Å². The van der Waals surface area contributed by atoms with Crippen molar-refractivity contribution in [3.05, 3.63) is 58.2 Å². The number of guanidine groups is 1. The minimum absolute atomic E-state index is 0. The Morgan fingerprint density at radius 2 is 1.97 bits per heavy atom. The van der Waals surface area contributed by atoms with Crippen molar-refractivity contribution in [3.63, 3.8) is 0 Å². The van der Waals surface area contributed by atoms with Crippen LogP contribution in [-0.4, -0.2) is 29.0 Å². The van der Waals surface area contributed by atoms with Gasteiger partial charge in [-0.15, -0.1) is 35.3 Å². The minimum atomic E-state index is -4.40. The first kappa shape index (κ1) is 23.3. The number of rotatable bonds is 6. The van der Waals surface area contributed by atoms with E-state index in [1.165, 1.54) is 0 Å². The summed E-state index contributed by atoms with van der Waals surface area (Å²) in [5.74, 6) is 0.600. The number of aliphatic imine (C=N–C) groups is 1. The summed E-state index contributed by atoms with van der Waals surface area (Å²) >= 11 is 1.01. The number of halogens is 4. The van der Waals surface area contributed by atoms with E-state index in [1.807, 2.05) is 37.3 Å². The van der Waals surface area contributed by atoms with Crippen LogP contribution in [0.4, 0.5) is 13.2 Å². The molecule has 10 heteroatoms. The third kappa shape index (κ3) is 6.53. The molecule has 0 aliphatic carbocycles. The van der Waals surface area contributed by atoms with Gasteiger partial charge < -0.3 is 10.6 Å². The number of pyridine rings is 1. The van der Waals surface area contributed by atoms with Crippen molar-refractivity contribution in [3.8, 4) is 0 Å². The summed E-state index contributed by atoms with van der Waals surface area (Å²) in [6.07, 6.45) is -2.26. The van der Waals surface area contributed by atoms with E-state index < -0.39 is 11.9 Å². The van der Waals surface area contributed by atoms with Gasteiger partial charge in [0.15, 0.2) is 11.7 Å². The summed E-state index contributed by atoms with van der Waals surface area (Å²) in [7, 11) is 0. The highest BCUT2D eigenvalue weighted by atomic mass is 127. The maximum atomic E-state index is 12.6. The minimum Gasteiger partial charge on any atom is -0.357 e. The summed E-state index contributed by atoms with van der Waals surface area (Å²) in [6, 6.07) is 9.85. The maximum Gasteiger partial charge on any atom is 0.434 e. The summed E-state index contributed by atoms with van der Waals surface area (Å²) in [5.41, 5.74) is 1.08. The van der Waals surface area contributed by atoms with Gasteiger partial charge in [0.25, 0.3) is 0 Å². The fourth-order valence-corrected chi connectivity index (χ4v) is 3.45. The summed E-state index contributed by atoms with van der Waals surface area (Å²) in [5, 5.41) is 8.81. The van der Waals surface area contributed by atoms with Crippen LogP contribution < -0.4 is 10.6 Å². The Hall–Kier alpha value is -1.95. The number of fused-ring (bicyclic) bond motifs is 1. The molecule has 0 radical (unpaired) electrons. The number of hydrogen-bond acceptors (Lipinski definition) is 4. The van der Waals surface area contributed by atoms with Gasteiger partial charge in [-0.05, 0) is 18.6 Å². The smallest absolute Gasteiger partial charge is 0.357 e. The second kappa shape index (κ2) is 10.7. The molecule has 2 N–H and O–H groups in total. The molecule has 0 bridgehead atoms. The molecule has 2 aromatic heterocycles. The summed E-state index contributed by atoms with van der Waals surface area (Å²) < 4.78 is 37.9. The molecule has 0 unspecified atom stereocenters. The second-order valence-electron chi connectivity index (χ2n) is 5.99. The SMILES string of the molecule is CCNC(=NCc1cccc2cccnc12)NCCc1nc(C(F)(F)F)cs1.I. The standard InChI is InChI=1S/C19H20F3N5S.HI/c1-2-23-18(25-10-8-16-27-15(12-28-16)19(20,21)22)26-11-14-6-3-5-13-7-4-9-24-17(13)14;/h3-7,9,12H,2,8,10-11H2,1H3,(H2,23,25,26);1H. The Kier molecular flexibility index (Phi) is 8.62. The number of benzene rings is 1. The quantitative estimate of drug-likeness (QED) is 0.275. The Balaban J connectivity index is 0.00000300. The van der Waals surface area contributed by atoms with Crippen LogP contribution in [0, 0.1) is 0 Å². The Morgan fingerprint density at radius 1 is 1.17 bits per heavy atom. The summed E-state index contributed by atoms with van der Waals surface area (Å²) in [4.78, 5) is 12.6. The van der Waals surface area contributed by atoms with Crippen molar-refractivity contribution < 1.29 is 13.2 Å². The van der Waals surface area contributed by atoms with Gasteiger partial charge in [0.05, 0.1) is 17.1 Å². The van der Waals surface area contributed by atoms with E-state index in [0.717, 1.165) is 33.2 Å². The van der Waals surface area contributed by atoms with Crippen LogP contribution in [0.5, 0.6) is 0 Å². The average Bonchev–Trinajstić information content (AvgIpc) is 3.15. The molecule has 1 aromatic carbocycles. The molecule has 0 amide bonds. The fourth-order valence-electron chi connectivity index (χ4n) is 2.64. The monoisotopic (exact) mass is 535 g/mol. The number of nitrogens with zero attached hydrogens (tertiary/aromatic N) is 3. The van der Waals surface area contributed by atoms with Crippen LogP contribution in [0.15, 0.2) is 46.9 Å². The van der Waals surface area contributed by atoms with Crippen LogP contribution in [-0.2, 0) is 19.1 Å². The average molecular weight is 535 g/mol. The molecule has 0 spiro atoms. The van der Waals surface area contributed by atoms with Gasteiger partial charge in [-0.1, -0.05) is 24.3 Å². The molecule has 0 saturated carbocycles. The van der Waals surface area contributed by atoms with Gasteiger partial charge in [0.2, 0.25) is 0 Å². The van der Waals surface area contributed by atoms with Gasteiger partial charge in [0, 0.05) is 36.5 Å². The Morgan fingerprint density at radius 3 is 2.69 bits per heavy atom. The molecule has 0 atom stereocenters. The van der Waals surface area contributed by atoms with Crippen molar-refractivity contribution in [2.75, 3.05) is 13.1 Å². The molecular formula is C19H21F3IN5S. The van der Waals surface area contributed by atoms with Crippen LogP contribution in [0.2, 0.25) is 0 Å². The van der Waals surface area contributed by atoms with E-state index in [9.17, 15) is 13.2 Å². The molecule has 29 heavy (non-hydrogen) atoms. The number of alkyl halides is 3. The van der Waals surface area contributed by atoms with Crippen LogP contribution in [0.25, 0.3) is 10.9 Å². The van der Waals surface area contributed by atoms with E-state index in [4.69, 9.17) is 0 Å². The number of thiazole rings is 1. The highest BCUT2D eigenvalue weighted by Crippen LogP contribution is 2.30. The van der Waals surface area contributed by atoms with E-state index in [-0.39, 0.29) is 24.0 Å². The van der Waals surface area contributed by atoms with E-state index >= 15 is 0 Å². The predicted molar refractivity (Wildman–Crippen MR) is 121 cm³/mol. The third-order valence-electron chi connectivity index (χ3n) is 3.94. The van der Waals surface area contributed by atoms with Crippen molar-refractivity contribution in [1.82, 2.24) is 20.6 Å². The van der Waals surface area contributed by atoms with Gasteiger partial charge in [-0.2, -0.15) is 13.2 Å². The first-order valence-electron chi connectivity index (χ1n) is 8.83. The molecule has 0 aliphatic rings. The van der Waals surface area contributed by atoms with Gasteiger partial charge in [0.1, 0.15) is 0 Å². The zero-order valence-corrected chi connectivity index (χ0v) is 18.8. The van der Waals surface area contributed by atoms with E-state index in [0.29, 0.717) is 37.0 Å². The topological polar surface area (TPSA) is 62.2 Å². The zero-order chi connectivity index (χ0) is 20.0. The molecule has 0 saturated heterocycles. The number of hydrogen-bond donors (Lipinski definition) is 2. The number of nitrogens with one attached hydrogen (secondary N) is 2. The highest BCUT2D eigenvalue weighted by molar-refractivity contribution is 14.0. The molecule has 0 aliphatic heterocycles. The lowest BCUT2D eigenvalue weighted by molar-refractivity contribution is -0.140. The zero-order valence-electron chi connectivity index (χ0n) is 15.7. The highest BCUT2D eigenvalue weighted by Gasteiger charge is 2.33. The largest absolute Gasteiger partial charge is 0.434 e. The van der Waals surface area contributed by atoms with Gasteiger partial charge >= 0.3 is 6.18 Å². The lowest BCUT2D eigenvalue weighted by Crippen LogP contribution is -2.38. The normalized spacial score (nSPS) is 11.9. The lowest BCUT2D eigenvalue weighted by atomic mass is 10.1. The van der Waals surface area contributed by atoms with Crippen molar-refractivity contribution in [2.24, 2.45) is 4.99 Å². The molecule has 0 fully saturated rings. The number of aromatic nitrogens is 2. The van der Waals surface area contributed by atoms with Gasteiger partial charge in [-0.25, -0.2) is 9.98 Å². The Labute approximate surface area is 187 Å². The molecule has 3 rings (SSSR count). The molecule has 3 aromatic rings. The van der Waals surface area contributed by atoms with E-state index in [2.05, 4.69) is 25.6 Å². The first-order valence-corrected chi connectivity index (χ1v) is 9.71. The van der Waals surface area contributed by atoms with Crippen molar-refractivity contribution in [2.45, 2.75) is 26.1 Å². The van der Waals surface area contributed by atoms with Crippen LogP contribution in [0.1, 0.15) is 23.2 Å². The molecule has 5 nitrogen and oxygen atoms in total. The fraction of sp³-hybridized carbons (Fsp3) is 0.316. The lowest BCUT2D eigenvalue weighted by Gasteiger charge is -2.11. The van der Waals surface area contributed by atoms with Crippen molar-refractivity contribution in [1.29, 1.82) is 0 Å². The third-order valence-corrected chi connectivity index (χ3v) is 4.85. The first-order chi connectivity index (χ1) is 13.5. The van der Waals surface area contributed by atoms with Crippen LogP contribution in [0.3, 0.4) is 0 Å². The Bertz CT molecular complexity index is 953. The summed E-state index contributed by atoms with van der Waals surface area (Å²) in [6.45, 7) is 3.51. The number of para-hydroxylation sites is 1.